The summed E-state index contributed by atoms with van der Waals surface area (Å²) in [4.78, 5) is 46.4. The van der Waals surface area contributed by atoms with Gasteiger partial charge in [0.2, 0.25) is 5.91 Å². The van der Waals surface area contributed by atoms with Gasteiger partial charge in [-0.15, -0.1) is 0 Å². The number of amides is 1. The Labute approximate surface area is 175 Å². The summed E-state index contributed by atoms with van der Waals surface area (Å²) in [7, 11) is 0. The Kier molecular flexibility index (Phi) is 11.3. The molecule has 11 nitrogen and oxygen atoms in total. The summed E-state index contributed by atoms with van der Waals surface area (Å²) in [6, 6.07) is -0.946. The average molecular weight is 432 g/mol. The highest BCUT2D eigenvalue weighted by molar-refractivity contribution is 5.73. The second-order valence-electron chi connectivity index (χ2n) is 6.94. The summed E-state index contributed by atoms with van der Waals surface area (Å²) < 4.78 is 27.4. The smallest absolute Gasteiger partial charge is 0.303 e. The van der Waals surface area contributed by atoms with E-state index in [0.717, 1.165) is 12.8 Å². The first-order valence-corrected chi connectivity index (χ1v) is 9.87. The molecule has 30 heavy (non-hydrogen) atoms. The lowest BCUT2D eigenvalue weighted by molar-refractivity contribution is -0.277. The number of carbonyl (C=O) groups excluding carboxylic acids is 4. The van der Waals surface area contributed by atoms with Gasteiger partial charge in [-0.25, -0.2) is 0 Å². The van der Waals surface area contributed by atoms with Gasteiger partial charge >= 0.3 is 17.9 Å². The van der Waals surface area contributed by atoms with E-state index in [4.69, 9.17) is 29.4 Å². The van der Waals surface area contributed by atoms with E-state index in [9.17, 15) is 19.2 Å². The molecule has 5 atom stereocenters. The lowest BCUT2D eigenvalue weighted by atomic mass is 9.96. The van der Waals surface area contributed by atoms with E-state index >= 15 is 0 Å². The molecule has 1 amide bonds. The van der Waals surface area contributed by atoms with E-state index < -0.39 is 54.5 Å². The van der Waals surface area contributed by atoms with Crippen molar-refractivity contribution < 1.29 is 42.9 Å². The Morgan fingerprint density at radius 2 is 1.53 bits per heavy atom. The average Bonchev–Trinajstić information content (AvgIpc) is 2.63. The number of unbranched alkanes of at least 4 members (excludes halogenated alkanes) is 2. The number of carbonyl (C=O) groups is 4. The molecular formula is C19H32N2O9. The molecule has 1 saturated heterocycles. The van der Waals surface area contributed by atoms with Gasteiger partial charge in [-0.3, -0.25) is 19.2 Å². The van der Waals surface area contributed by atoms with Crippen LogP contribution in [0.1, 0.15) is 47.0 Å². The number of rotatable bonds is 11. The molecule has 1 heterocycles. The molecule has 0 aromatic heterocycles. The normalized spacial score (nSPS) is 25.8. The maximum Gasteiger partial charge on any atom is 0.303 e. The Morgan fingerprint density at radius 1 is 0.900 bits per heavy atom. The summed E-state index contributed by atoms with van der Waals surface area (Å²) in [6.45, 7) is 5.48. The maximum atomic E-state index is 11.8. The van der Waals surface area contributed by atoms with Gasteiger partial charge in [-0.2, -0.15) is 0 Å². The second-order valence-corrected chi connectivity index (χ2v) is 6.94. The topological polar surface area (TPSA) is 152 Å². The van der Waals surface area contributed by atoms with Crippen molar-refractivity contribution in [2.24, 2.45) is 5.73 Å². The molecule has 0 aliphatic carbocycles. The van der Waals surface area contributed by atoms with Crippen LogP contribution in [0.15, 0.2) is 0 Å². The van der Waals surface area contributed by atoms with Crippen molar-refractivity contribution in [2.45, 2.75) is 77.6 Å². The number of ether oxygens (including phenoxy) is 5. The monoisotopic (exact) mass is 432 g/mol. The molecule has 0 bridgehead atoms. The minimum absolute atomic E-state index is 0.259. The number of nitrogens with two attached hydrogens (primary N) is 1. The predicted molar refractivity (Wildman–Crippen MR) is 103 cm³/mol. The molecule has 0 aromatic carbocycles. The van der Waals surface area contributed by atoms with Gasteiger partial charge in [-0.1, -0.05) is 0 Å². The Hall–Kier alpha value is -2.24. The lowest BCUT2D eigenvalue weighted by Gasteiger charge is -2.44. The van der Waals surface area contributed by atoms with Crippen LogP contribution in [-0.4, -0.2) is 74.2 Å². The first-order valence-electron chi connectivity index (χ1n) is 9.87. The molecule has 0 aromatic rings. The molecule has 1 fully saturated rings. The molecule has 1 rings (SSSR count). The van der Waals surface area contributed by atoms with Gasteiger partial charge in [0.25, 0.3) is 0 Å². The molecule has 1 aliphatic rings. The van der Waals surface area contributed by atoms with Gasteiger partial charge in [0, 0.05) is 34.3 Å². The van der Waals surface area contributed by atoms with Gasteiger partial charge in [0.15, 0.2) is 18.5 Å². The van der Waals surface area contributed by atoms with Crippen LogP contribution in [0.25, 0.3) is 0 Å². The van der Waals surface area contributed by atoms with Crippen molar-refractivity contribution in [3.63, 3.8) is 0 Å². The van der Waals surface area contributed by atoms with Crippen LogP contribution in [0.3, 0.4) is 0 Å². The first-order chi connectivity index (χ1) is 14.1. The van der Waals surface area contributed by atoms with Gasteiger partial charge in [0.1, 0.15) is 18.8 Å². The zero-order valence-electron chi connectivity index (χ0n) is 17.9. The number of hydrogen-bond acceptors (Lipinski definition) is 10. The van der Waals surface area contributed by atoms with Crippen molar-refractivity contribution in [1.82, 2.24) is 5.32 Å². The van der Waals surface area contributed by atoms with E-state index in [1.165, 1.54) is 27.7 Å². The Balaban J connectivity index is 3.13. The molecule has 172 valence electrons. The highest BCUT2D eigenvalue weighted by atomic mass is 16.7. The molecular weight excluding hydrogens is 400 g/mol. The first kappa shape index (κ1) is 25.8. The van der Waals surface area contributed by atoms with Crippen molar-refractivity contribution in [1.29, 1.82) is 0 Å². The fraction of sp³-hybridized carbons (Fsp3) is 0.789. The van der Waals surface area contributed by atoms with E-state index in [-0.39, 0.29) is 6.61 Å². The molecule has 1 aliphatic heterocycles. The second kappa shape index (κ2) is 13.1. The minimum Gasteiger partial charge on any atom is -0.463 e. The third-order valence-corrected chi connectivity index (χ3v) is 4.20. The van der Waals surface area contributed by atoms with E-state index in [2.05, 4.69) is 5.32 Å². The Morgan fingerprint density at radius 3 is 2.07 bits per heavy atom. The highest BCUT2D eigenvalue weighted by Gasteiger charge is 2.51. The highest BCUT2D eigenvalue weighted by Crippen LogP contribution is 2.28. The zero-order chi connectivity index (χ0) is 22.7. The van der Waals surface area contributed by atoms with Crippen LogP contribution in [0.4, 0.5) is 0 Å². The largest absolute Gasteiger partial charge is 0.463 e. The van der Waals surface area contributed by atoms with Crippen LogP contribution >= 0.6 is 0 Å². The van der Waals surface area contributed by atoms with Crippen molar-refractivity contribution in [3.8, 4) is 0 Å². The van der Waals surface area contributed by atoms with Gasteiger partial charge in [0.05, 0.1) is 0 Å². The van der Waals surface area contributed by atoms with Crippen LogP contribution in [-0.2, 0) is 42.9 Å². The quantitative estimate of drug-likeness (QED) is 0.255. The Bertz CT molecular complexity index is 599. The zero-order valence-corrected chi connectivity index (χ0v) is 17.9. The molecule has 3 N–H and O–H groups in total. The molecule has 0 radical (unpaired) electrons. The minimum atomic E-state index is -1.13. The molecule has 0 spiro atoms. The fourth-order valence-corrected chi connectivity index (χ4v) is 3.06. The summed E-state index contributed by atoms with van der Waals surface area (Å²) in [6.07, 6.45) is -1.86. The van der Waals surface area contributed by atoms with Crippen LogP contribution in [0.2, 0.25) is 0 Å². The van der Waals surface area contributed by atoms with Crippen LogP contribution < -0.4 is 11.1 Å². The van der Waals surface area contributed by atoms with E-state index in [1.807, 2.05) is 0 Å². The standard InChI is InChI=1S/C19H32N2O9/c1-11(22)21-16-18(29-14(4)25)17(28-13(3)24)15(10-27-12(2)23)30-19(16)26-9-7-5-6-8-20/h15-19H,5-10,20H2,1-4H3,(H,21,22)/t15-,16-,17+,18-,19-/m1/s1. The summed E-state index contributed by atoms with van der Waals surface area (Å²) in [5.41, 5.74) is 5.48. The summed E-state index contributed by atoms with van der Waals surface area (Å²) in [5, 5.41) is 2.64. The van der Waals surface area contributed by atoms with E-state index in [1.54, 1.807) is 0 Å². The van der Waals surface area contributed by atoms with Crippen LogP contribution in [0, 0.1) is 0 Å². The number of esters is 3. The molecule has 0 unspecified atom stereocenters. The molecule has 11 heteroatoms. The van der Waals surface area contributed by atoms with Gasteiger partial charge in [-0.05, 0) is 25.8 Å². The summed E-state index contributed by atoms with van der Waals surface area (Å²) in [5.74, 6) is -2.29. The van der Waals surface area contributed by atoms with Crippen LogP contribution in [0.5, 0.6) is 0 Å². The van der Waals surface area contributed by atoms with Crippen molar-refractivity contribution >= 4 is 23.8 Å². The SMILES string of the molecule is CC(=O)N[C@H]1[C@H](OCCCCCN)O[C@H](COC(C)=O)[C@H](OC(C)=O)[C@@H]1OC(C)=O. The maximum absolute atomic E-state index is 11.8. The third kappa shape index (κ3) is 9.06. The third-order valence-electron chi connectivity index (χ3n) is 4.20. The van der Waals surface area contributed by atoms with Crippen molar-refractivity contribution in [3.05, 3.63) is 0 Å². The number of hydrogen-bond donors (Lipinski definition) is 2. The fourth-order valence-electron chi connectivity index (χ4n) is 3.06. The lowest BCUT2D eigenvalue weighted by Crippen LogP contribution is -2.66. The molecule has 0 saturated carbocycles. The van der Waals surface area contributed by atoms with E-state index in [0.29, 0.717) is 19.6 Å². The predicted octanol–water partition coefficient (Wildman–Crippen LogP) is -0.212. The summed E-state index contributed by atoms with van der Waals surface area (Å²) >= 11 is 0. The van der Waals surface area contributed by atoms with Gasteiger partial charge < -0.3 is 34.7 Å². The van der Waals surface area contributed by atoms with Crippen molar-refractivity contribution in [2.75, 3.05) is 19.8 Å². The number of nitrogens with one attached hydrogen (secondary N) is 1.